The van der Waals surface area contributed by atoms with E-state index in [0.717, 1.165) is 10.1 Å². The molecular formula is C5H3BrN4. The first kappa shape index (κ1) is 5.79. The van der Waals surface area contributed by atoms with Crippen LogP contribution in [-0.2, 0) is 0 Å². The second-order valence-electron chi connectivity index (χ2n) is 1.83. The van der Waals surface area contributed by atoms with Crippen LogP contribution in [0.1, 0.15) is 0 Å². The van der Waals surface area contributed by atoms with E-state index in [0.29, 0.717) is 0 Å². The minimum Gasteiger partial charge on any atom is -0.201 e. The second kappa shape index (κ2) is 2.02. The maximum absolute atomic E-state index is 3.75. The molecule has 2 aromatic heterocycles. The molecular weight excluding hydrogens is 196 g/mol. The molecule has 0 fully saturated rings. The lowest BCUT2D eigenvalue weighted by Gasteiger charge is -1.87. The van der Waals surface area contributed by atoms with Crippen LogP contribution in [0.2, 0.25) is 0 Å². The highest BCUT2D eigenvalue weighted by atomic mass is 79.9. The van der Waals surface area contributed by atoms with E-state index in [2.05, 4.69) is 31.5 Å². The molecule has 0 atom stereocenters. The first-order chi connectivity index (χ1) is 4.86. The van der Waals surface area contributed by atoms with Crippen LogP contribution in [0.3, 0.4) is 0 Å². The maximum Gasteiger partial charge on any atom is 0.180 e. The van der Waals surface area contributed by atoms with Crippen molar-refractivity contribution in [1.29, 1.82) is 0 Å². The minimum atomic E-state index is 0.745. The molecule has 0 aliphatic carbocycles. The van der Waals surface area contributed by atoms with Crippen LogP contribution in [0.25, 0.3) is 5.65 Å². The van der Waals surface area contributed by atoms with Crippen molar-refractivity contribution in [2.75, 3.05) is 0 Å². The number of aromatic nitrogens is 4. The van der Waals surface area contributed by atoms with E-state index in [1.165, 1.54) is 0 Å². The standard InChI is InChI=1S/C5H3BrN4/c6-4-1-2-10-5(3-4)7-8-9-10/h1-3H. The second-order valence-corrected chi connectivity index (χ2v) is 2.74. The Morgan fingerprint density at radius 3 is 3.30 bits per heavy atom. The molecule has 0 radical (unpaired) electrons. The molecule has 0 aromatic carbocycles. The maximum atomic E-state index is 3.75. The number of pyridine rings is 1. The summed E-state index contributed by atoms with van der Waals surface area (Å²) >= 11 is 3.31. The first-order valence-electron chi connectivity index (χ1n) is 2.69. The van der Waals surface area contributed by atoms with Gasteiger partial charge in [-0.15, -0.1) is 5.10 Å². The predicted molar refractivity (Wildman–Crippen MR) is 38.5 cm³/mol. The van der Waals surface area contributed by atoms with Crippen molar-refractivity contribution in [2.24, 2.45) is 0 Å². The molecule has 0 spiro atoms. The molecule has 2 heterocycles. The van der Waals surface area contributed by atoms with Crippen LogP contribution in [0, 0.1) is 0 Å². The summed E-state index contributed by atoms with van der Waals surface area (Å²) < 4.78 is 2.58. The van der Waals surface area contributed by atoms with Crippen LogP contribution in [0.5, 0.6) is 0 Å². The summed E-state index contributed by atoms with van der Waals surface area (Å²) in [5, 5.41) is 10.9. The van der Waals surface area contributed by atoms with Gasteiger partial charge in [-0.05, 0) is 22.6 Å². The summed E-state index contributed by atoms with van der Waals surface area (Å²) in [6.07, 6.45) is 1.79. The average molecular weight is 199 g/mol. The number of nitrogens with zero attached hydrogens (tertiary/aromatic N) is 4. The molecule has 10 heavy (non-hydrogen) atoms. The minimum absolute atomic E-state index is 0.745. The molecule has 5 heteroatoms. The van der Waals surface area contributed by atoms with Crippen molar-refractivity contribution in [1.82, 2.24) is 20.0 Å². The molecule has 2 aromatic rings. The Balaban J connectivity index is 2.86. The third-order valence-corrected chi connectivity index (χ3v) is 1.65. The quantitative estimate of drug-likeness (QED) is 0.632. The van der Waals surface area contributed by atoms with Crippen LogP contribution in [0.15, 0.2) is 22.8 Å². The Morgan fingerprint density at radius 1 is 1.50 bits per heavy atom. The molecule has 0 amide bonds. The average Bonchev–Trinajstić information content (AvgIpc) is 2.33. The summed E-state index contributed by atoms with van der Waals surface area (Å²) in [5.41, 5.74) is 0.745. The molecule has 0 unspecified atom stereocenters. The van der Waals surface area contributed by atoms with Crippen molar-refractivity contribution in [2.45, 2.75) is 0 Å². The topological polar surface area (TPSA) is 43.1 Å². The van der Waals surface area contributed by atoms with Gasteiger partial charge in [-0.25, -0.2) is 4.52 Å². The summed E-state index contributed by atoms with van der Waals surface area (Å²) in [7, 11) is 0. The monoisotopic (exact) mass is 198 g/mol. The fourth-order valence-electron chi connectivity index (χ4n) is 0.715. The van der Waals surface area contributed by atoms with Gasteiger partial charge in [-0.2, -0.15) is 0 Å². The zero-order valence-electron chi connectivity index (χ0n) is 4.90. The molecule has 0 aliphatic heterocycles. The van der Waals surface area contributed by atoms with Crippen LogP contribution >= 0.6 is 15.9 Å². The van der Waals surface area contributed by atoms with Crippen LogP contribution in [-0.4, -0.2) is 20.0 Å². The zero-order valence-corrected chi connectivity index (χ0v) is 6.48. The first-order valence-corrected chi connectivity index (χ1v) is 3.49. The van der Waals surface area contributed by atoms with Crippen molar-refractivity contribution in [3.05, 3.63) is 22.8 Å². The highest BCUT2D eigenvalue weighted by molar-refractivity contribution is 9.10. The van der Waals surface area contributed by atoms with E-state index >= 15 is 0 Å². The lowest BCUT2D eigenvalue weighted by atomic mass is 10.5. The Morgan fingerprint density at radius 2 is 2.40 bits per heavy atom. The fourth-order valence-corrected chi connectivity index (χ4v) is 1.04. The summed E-state index contributed by atoms with van der Waals surface area (Å²) in [6.45, 7) is 0. The molecule has 4 nitrogen and oxygen atoms in total. The van der Waals surface area contributed by atoms with E-state index in [4.69, 9.17) is 0 Å². The molecule has 50 valence electrons. The Labute approximate surface area is 65.0 Å². The SMILES string of the molecule is Brc1ccn2nnnc2c1. The van der Waals surface area contributed by atoms with Crippen molar-refractivity contribution >= 4 is 21.6 Å². The predicted octanol–water partition coefficient (Wildman–Crippen LogP) is 0.887. The largest absolute Gasteiger partial charge is 0.201 e. The van der Waals surface area contributed by atoms with Gasteiger partial charge in [0.1, 0.15) is 0 Å². The van der Waals surface area contributed by atoms with E-state index in [9.17, 15) is 0 Å². The summed E-state index contributed by atoms with van der Waals surface area (Å²) in [6, 6.07) is 3.73. The van der Waals surface area contributed by atoms with Gasteiger partial charge in [0.25, 0.3) is 0 Å². The fraction of sp³-hybridized carbons (Fsp3) is 0. The number of hydrogen-bond acceptors (Lipinski definition) is 3. The number of fused-ring (bicyclic) bond motifs is 1. The third-order valence-electron chi connectivity index (χ3n) is 1.16. The summed E-state index contributed by atoms with van der Waals surface area (Å²) in [5.74, 6) is 0. The van der Waals surface area contributed by atoms with Gasteiger partial charge >= 0.3 is 0 Å². The zero-order chi connectivity index (χ0) is 6.97. The number of tetrazole rings is 1. The Hall–Kier alpha value is -0.970. The molecule has 0 aliphatic rings. The Bertz CT molecular complexity index is 355. The van der Waals surface area contributed by atoms with Gasteiger partial charge in [-0.1, -0.05) is 15.9 Å². The molecule has 0 N–H and O–H groups in total. The highest BCUT2D eigenvalue weighted by Crippen LogP contribution is 2.09. The van der Waals surface area contributed by atoms with E-state index in [1.807, 2.05) is 12.1 Å². The van der Waals surface area contributed by atoms with E-state index < -0.39 is 0 Å². The van der Waals surface area contributed by atoms with Gasteiger partial charge in [0.05, 0.1) is 0 Å². The van der Waals surface area contributed by atoms with E-state index in [-0.39, 0.29) is 0 Å². The van der Waals surface area contributed by atoms with Crippen molar-refractivity contribution in [3.8, 4) is 0 Å². The number of halogens is 1. The van der Waals surface area contributed by atoms with Crippen LogP contribution in [0.4, 0.5) is 0 Å². The van der Waals surface area contributed by atoms with Crippen molar-refractivity contribution in [3.63, 3.8) is 0 Å². The number of rotatable bonds is 0. The number of hydrogen-bond donors (Lipinski definition) is 0. The van der Waals surface area contributed by atoms with Crippen LogP contribution < -0.4 is 0 Å². The Kier molecular flexibility index (Phi) is 1.17. The molecule has 0 saturated carbocycles. The summed E-state index contributed by atoms with van der Waals surface area (Å²) in [4.78, 5) is 0. The van der Waals surface area contributed by atoms with Gasteiger partial charge in [-0.3, -0.25) is 0 Å². The third kappa shape index (κ3) is 0.786. The normalized spacial score (nSPS) is 10.5. The molecule has 0 saturated heterocycles. The van der Waals surface area contributed by atoms with Gasteiger partial charge in [0.2, 0.25) is 0 Å². The molecule has 0 bridgehead atoms. The molecule has 2 rings (SSSR count). The lowest BCUT2D eigenvalue weighted by molar-refractivity contribution is 0.823. The van der Waals surface area contributed by atoms with Crippen molar-refractivity contribution < 1.29 is 0 Å². The van der Waals surface area contributed by atoms with Gasteiger partial charge in [0, 0.05) is 10.7 Å². The smallest absolute Gasteiger partial charge is 0.180 e. The van der Waals surface area contributed by atoms with Gasteiger partial charge in [0.15, 0.2) is 5.65 Å². The lowest BCUT2D eigenvalue weighted by Crippen LogP contribution is -1.84. The van der Waals surface area contributed by atoms with E-state index in [1.54, 1.807) is 10.7 Å². The highest BCUT2D eigenvalue weighted by Gasteiger charge is 1.94. The van der Waals surface area contributed by atoms with Gasteiger partial charge < -0.3 is 0 Å².